The van der Waals surface area contributed by atoms with E-state index in [1.54, 1.807) is 62.4 Å². The third-order valence-corrected chi connectivity index (χ3v) is 11.4. The number of rotatable bonds is 8. The van der Waals surface area contributed by atoms with Gasteiger partial charge in [-0.1, -0.05) is 50.2 Å². The second-order valence-corrected chi connectivity index (χ2v) is 14.2. The molecular weight excluding hydrogens is 601 g/mol. The first-order chi connectivity index (χ1) is 20.9. The quantitative estimate of drug-likeness (QED) is 0.212. The van der Waals surface area contributed by atoms with E-state index in [2.05, 4.69) is 0 Å². The zero-order valence-electron chi connectivity index (χ0n) is 23.7. The maximum absolute atomic E-state index is 14.0. The van der Waals surface area contributed by atoms with E-state index < -0.39 is 31.9 Å². The number of nitrogens with zero attached hydrogens (tertiary/aromatic N) is 2. The van der Waals surface area contributed by atoms with E-state index in [-0.39, 0.29) is 38.2 Å². The van der Waals surface area contributed by atoms with Crippen molar-refractivity contribution in [2.75, 3.05) is 0 Å². The molecule has 4 aromatic carbocycles. The van der Waals surface area contributed by atoms with Crippen LogP contribution in [-0.4, -0.2) is 40.8 Å². The lowest BCUT2D eigenvalue weighted by Gasteiger charge is -2.21. The van der Waals surface area contributed by atoms with Gasteiger partial charge in [0.2, 0.25) is 0 Å². The van der Waals surface area contributed by atoms with Crippen molar-refractivity contribution in [3.8, 4) is 11.5 Å². The summed E-state index contributed by atoms with van der Waals surface area (Å²) >= 11 is 0. The van der Waals surface area contributed by atoms with Crippen LogP contribution in [0, 0.1) is 0 Å². The first kappa shape index (κ1) is 29.2. The highest BCUT2D eigenvalue weighted by Crippen LogP contribution is 2.41. The number of aromatic nitrogens is 2. The topological polar surface area (TPSA) is 136 Å². The summed E-state index contributed by atoms with van der Waals surface area (Å²) in [5, 5.41) is 22.6. The molecule has 0 aliphatic heterocycles. The smallest absolute Gasteiger partial charge is 0.268 e. The SMILES string of the molecule is CC(C(=O)C(C)c1c(O)ccc2c1ccn2S(=O)(=O)c1ccccc1)c1c(O)ccc2c1ccn2S(=O)(=O)c1ccccc1. The highest BCUT2D eigenvalue weighted by Gasteiger charge is 2.31. The molecule has 0 radical (unpaired) electrons. The number of carbonyl (C=O) groups is 1. The van der Waals surface area contributed by atoms with Crippen LogP contribution in [0.1, 0.15) is 36.8 Å². The minimum atomic E-state index is -3.95. The molecule has 0 aliphatic carbocycles. The molecule has 6 rings (SSSR count). The van der Waals surface area contributed by atoms with Crippen LogP contribution >= 0.6 is 0 Å². The Balaban J connectivity index is 1.41. The summed E-state index contributed by atoms with van der Waals surface area (Å²) in [7, 11) is -7.90. The van der Waals surface area contributed by atoms with Gasteiger partial charge in [0, 0.05) is 46.1 Å². The van der Waals surface area contributed by atoms with E-state index in [0.717, 1.165) is 7.94 Å². The fourth-order valence-corrected chi connectivity index (χ4v) is 8.54. The van der Waals surface area contributed by atoms with Gasteiger partial charge >= 0.3 is 0 Å². The van der Waals surface area contributed by atoms with Crippen LogP contribution in [0.15, 0.2) is 119 Å². The van der Waals surface area contributed by atoms with Crippen molar-refractivity contribution in [1.82, 2.24) is 7.94 Å². The zero-order valence-corrected chi connectivity index (χ0v) is 25.3. The van der Waals surface area contributed by atoms with Gasteiger partial charge in [0.25, 0.3) is 20.0 Å². The Hall–Kier alpha value is -4.87. The molecule has 0 saturated heterocycles. The first-order valence-electron chi connectivity index (χ1n) is 13.8. The van der Waals surface area contributed by atoms with Gasteiger partial charge < -0.3 is 10.2 Å². The molecule has 0 bridgehead atoms. The van der Waals surface area contributed by atoms with Crippen LogP contribution < -0.4 is 0 Å². The third-order valence-electron chi connectivity index (χ3n) is 8.03. The summed E-state index contributed by atoms with van der Waals surface area (Å²) in [6.07, 6.45) is 2.78. The molecule has 2 unspecified atom stereocenters. The summed E-state index contributed by atoms with van der Waals surface area (Å²) in [6.45, 7) is 3.22. The van der Waals surface area contributed by atoms with E-state index in [4.69, 9.17) is 0 Å². The van der Waals surface area contributed by atoms with E-state index in [1.807, 2.05) is 0 Å². The van der Waals surface area contributed by atoms with Crippen molar-refractivity contribution in [2.45, 2.75) is 35.5 Å². The second-order valence-electron chi connectivity index (χ2n) is 10.6. The Labute approximate surface area is 254 Å². The molecule has 0 fully saturated rings. The van der Waals surface area contributed by atoms with Crippen LogP contribution in [-0.2, 0) is 24.8 Å². The maximum Gasteiger partial charge on any atom is 0.268 e. The van der Waals surface area contributed by atoms with E-state index in [0.29, 0.717) is 21.8 Å². The monoisotopic (exact) mass is 628 g/mol. The predicted molar refractivity (Wildman–Crippen MR) is 167 cm³/mol. The lowest BCUT2D eigenvalue weighted by atomic mass is 9.83. The van der Waals surface area contributed by atoms with Gasteiger partial charge in [-0.05, 0) is 60.7 Å². The van der Waals surface area contributed by atoms with Gasteiger partial charge in [0.1, 0.15) is 17.3 Å². The molecule has 0 amide bonds. The second kappa shape index (κ2) is 10.7. The number of benzene rings is 4. The van der Waals surface area contributed by atoms with E-state index >= 15 is 0 Å². The average Bonchev–Trinajstić information content (AvgIpc) is 3.66. The standard InChI is InChI=1S/C33H28N2O7S2/c1-21(31-25-17-19-34(27(25)13-15-29(31)36)43(39,40)23-9-5-3-6-10-23)33(38)22(2)32-26-18-20-35(28(26)14-16-30(32)37)44(41,42)24-11-7-4-8-12-24/h3-22,36-37H,1-2H3. The lowest BCUT2D eigenvalue weighted by Crippen LogP contribution is -2.18. The maximum atomic E-state index is 14.0. The van der Waals surface area contributed by atoms with Gasteiger partial charge in [-0.25, -0.2) is 24.8 Å². The number of hydrogen-bond acceptors (Lipinski definition) is 7. The normalized spacial score (nSPS) is 13.7. The lowest BCUT2D eigenvalue weighted by molar-refractivity contribution is -0.121. The minimum Gasteiger partial charge on any atom is -0.508 e. The highest BCUT2D eigenvalue weighted by molar-refractivity contribution is 7.90. The summed E-state index contributed by atoms with van der Waals surface area (Å²) in [4.78, 5) is 14.2. The Morgan fingerprint density at radius 3 is 1.30 bits per heavy atom. The number of phenols is 2. The molecule has 44 heavy (non-hydrogen) atoms. The van der Waals surface area contributed by atoms with Crippen LogP contribution in [0.5, 0.6) is 11.5 Å². The summed E-state index contributed by atoms with van der Waals surface area (Å²) in [5.74, 6) is -2.57. The number of Topliss-reactive ketones (excluding diaryl/α,β-unsaturated/α-hetero) is 1. The Bertz CT molecular complexity index is 2110. The van der Waals surface area contributed by atoms with Crippen LogP contribution in [0.2, 0.25) is 0 Å². The fraction of sp³-hybridized carbons (Fsp3) is 0.121. The number of aromatic hydroxyl groups is 2. The van der Waals surface area contributed by atoms with E-state index in [9.17, 15) is 31.8 Å². The van der Waals surface area contributed by atoms with Gasteiger partial charge in [-0.2, -0.15) is 0 Å². The van der Waals surface area contributed by atoms with Crippen molar-refractivity contribution in [3.63, 3.8) is 0 Å². The van der Waals surface area contributed by atoms with Gasteiger partial charge in [0.05, 0.1) is 20.8 Å². The molecule has 2 heterocycles. The first-order valence-corrected chi connectivity index (χ1v) is 16.6. The summed E-state index contributed by atoms with van der Waals surface area (Å²) < 4.78 is 55.8. The molecule has 6 aromatic rings. The van der Waals surface area contributed by atoms with Crippen LogP contribution in [0.4, 0.5) is 0 Å². The fourth-order valence-electron chi connectivity index (χ4n) is 5.81. The number of phenolic OH excluding ortho intramolecular Hbond substituents is 2. The molecule has 0 aliphatic rings. The Kier molecular flexibility index (Phi) is 7.10. The van der Waals surface area contributed by atoms with Crippen molar-refractivity contribution in [2.24, 2.45) is 0 Å². The van der Waals surface area contributed by atoms with Crippen LogP contribution in [0.3, 0.4) is 0 Å². The van der Waals surface area contributed by atoms with Crippen molar-refractivity contribution in [3.05, 3.63) is 121 Å². The Morgan fingerprint density at radius 1 is 0.568 bits per heavy atom. The third kappa shape index (κ3) is 4.56. The Morgan fingerprint density at radius 2 is 0.932 bits per heavy atom. The average molecular weight is 629 g/mol. The van der Waals surface area contributed by atoms with E-state index in [1.165, 1.54) is 60.9 Å². The van der Waals surface area contributed by atoms with Crippen molar-refractivity contribution < 1.29 is 31.8 Å². The zero-order chi connectivity index (χ0) is 31.4. The molecule has 11 heteroatoms. The van der Waals surface area contributed by atoms with Gasteiger partial charge in [-0.3, -0.25) is 4.79 Å². The predicted octanol–water partition coefficient (Wildman–Crippen LogP) is 5.96. The number of carbonyl (C=O) groups excluding carboxylic acids is 1. The molecule has 9 nitrogen and oxygen atoms in total. The summed E-state index contributed by atoms with van der Waals surface area (Å²) in [5.41, 5.74) is 1.08. The largest absolute Gasteiger partial charge is 0.508 e. The molecule has 2 atom stereocenters. The number of hydrogen-bond donors (Lipinski definition) is 2. The summed E-state index contributed by atoms with van der Waals surface area (Å²) in [6, 6.07) is 24.7. The number of ketones is 1. The minimum absolute atomic E-state index is 0.0923. The number of fused-ring (bicyclic) bond motifs is 2. The van der Waals surface area contributed by atoms with Crippen molar-refractivity contribution >= 4 is 47.6 Å². The van der Waals surface area contributed by atoms with Crippen molar-refractivity contribution in [1.29, 1.82) is 0 Å². The van der Waals surface area contributed by atoms with Crippen LogP contribution in [0.25, 0.3) is 21.8 Å². The molecule has 2 N–H and O–H groups in total. The molecule has 0 spiro atoms. The van der Waals surface area contributed by atoms with Gasteiger partial charge in [-0.15, -0.1) is 0 Å². The molecular formula is C33H28N2O7S2. The molecule has 0 saturated carbocycles. The molecule has 2 aromatic heterocycles. The molecule has 224 valence electrons. The van der Waals surface area contributed by atoms with Gasteiger partial charge in [0.15, 0.2) is 0 Å². The highest BCUT2D eigenvalue weighted by atomic mass is 32.2.